The Labute approximate surface area is 74.8 Å². The van der Waals surface area contributed by atoms with Crippen molar-refractivity contribution in [1.82, 2.24) is 5.01 Å². The molecule has 0 bridgehead atoms. The van der Waals surface area contributed by atoms with Crippen LogP contribution in [0.1, 0.15) is 13.3 Å². The Bertz CT molecular complexity index is 237. The van der Waals surface area contributed by atoms with Crippen molar-refractivity contribution >= 4 is 39.9 Å². The van der Waals surface area contributed by atoms with Gasteiger partial charge in [-0.2, -0.15) is 10.1 Å². The molecule has 1 heterocycles. The molecule has 0 aromatic rings. The summed E-state index contributed by atoms with van der Waals surface area (Å²) < 4.78 is 0.520. The number of hydrogen-bond acceptors (Lipinski definition) is 4. The number of hydrazone groups is 1. The molecule has 0 unspecified atom stereocenters. The average Bonchev–Trinajstić information content (AvgIpc) is 2.28. The Hall–Kier alpha value is -0.420. The number of hydrogen-bond donors (Lipinski definition) is 0. The van der Waals surface area contributed by atoms with Crippen LogP contribution in [0.4, 0.5) is 0 Å². The van der Waals surface area contributed by atoms with Gasteiger partial charge in [-0.15, -0.1) is 0 Å². The van der Waals surface area contributed by atoms with Gasteiger partial charge in [0, 0.05) is 5.71 Å². The number of amides is 1. The minimum Gasteiger partial charge on any atom is -0.272 e. The van der Waals surface area contributed by atoms with Gasteiger partial charge in [-0.1, -0.05) is 24.0 Å². The Morgan fingerprint density at radius 1 is 1.82 bits per heavy atom. The molecule has 3 nitrogen and oxygen atoms in total. The van der Waals surface area contributed by atoms with Crippen LogP contribution in [0, 0.1) is 0 Å². The van der Waals surface area contributed by atoms with Gasteiger partial charge in [0.2, 0.25) is 0 Å². The number of rotatable bonds is 0. The van der Waals surface area contributed by atoms with Gasteiger partial charge in [0.05, 0.1) is 6.42 Å². The van der Waals surface area contributed by atoms with Crippen LogP contribution in [0.5, 0.6) is 0 Å². The van der Waals surface area contributed by atoms with Crippen molar-refractivity contribution in [3.05, 3.63) is 0 Å². The molecule has 0 aliphatic carbocycles. The van der Waals surface area contributed by atoms with Crippen LogP contribution in [0.15, 0.2) is 5.10 Å². The number of nitrogens with zero attached hydrogens (tertiary/aromatic N) is 2. The zero-order valence-corrected chi connectivity index (χ0v) is 7.96. The minimum atomic E-state index is -0.0261. The van der Waals surface area contributed by atoms with Crippen LogP contribution < -0.4 is 0 Å². The molecule has 0 spiro atoms. The molecule has 60 valence electrons. The summed E-state index contributed by atoms with van der Waals surface area (Å²) in [7, 11) is 0. The van der Waals surface area contributed by atoms with E-state index in [2.05, 4.69) is 5.10 Å². The summed E-state index contributed by atoms with van der Waals surface area (Å²) in [6.07, 6.45) is 2.24. The molecule has 1 aliphatic heterocycles. The van der Waals surface area contributed by atoms with Gasteiger partial charge >= 0.3 is 0 Å². The van der Waals surface area contributed by atoms with E-state index in [0.29, 0.717) is 10.7 Å². The Morgan fingerprint density at radius 3 is 2.82 bits per heavy atom. The zero-order valence-electron chi connectivity index (χ0n) is 6.33. The van der Waals surface area contributed by atoms with Crippen molar-refractivity contribution in [2.24, 2.45) is 5.10 Å². The monoisotopic (exact) mass is 188 g/mol. The SMILES string of the molecule is CSC(=S)N1N=C(C)CC1=O. The van der Waals surface area contributed by atoms with Crippen molar-refractivity contribution in [2.75, 3.05) is 6.26 Å². The molecular weight excluding hydrogens is 180 g/mol. The number of carbonyl (C=O) groups is 1. The van der Waals surface area contributed by atoms with E-state index in [4.69, 9.17) is 12.2 Å². The van der Waals surface area contributed by atoms with E-state index < -0.39 is 0 Å². The quantitative estimate of drug-likeness (QED) is 0.536. The van der Waals surface area contributed by atoms with Crippen LogP contribution in [0.2, 0.25) is 0 Å². The third kappa shape index (κ3) is 1.78. The molecule has 1 aliphatic rings. The number of thiocarbonyl (C=S) groups is 1. The summed E-state index contributed by atoms with van der Waals surface area (Å²) in [4.78, 5) is 11.1. The highest BCUT2D eigenvalue weighted by Gasteiger charge is 2.23. The fourth-order valence-corrected chi connectivity index (χ4v) is 1.24. The molecule has 0 aromatic heterocycles. The molecule has 5 heteroatoms. The predicted octanol–water partition coefficient (Wildman–Crippen LogP) is 1.24. The zero-order chi connectivity index (χ0) is 8.43. The fraction of sp³-hybridized carbons (Fsp3) is 0.500. The second-order valence-electron chi connectivity index (χ2n) is 2.19. The molecule has 0 radical (unpaired) electrons. The van der Waals surface area contributed by atoms with Gasteiger partial charge in [0.25, 0.3) is 5.91 Å². The first-order valence-electron chi connectivity index (χ1n) is 3.10. The van der Waals surface area contributed by atoms with Crippen molar-refractivity contribution in [3.63, 3.8) is 0 Å². The number of carbonyl (C=O) groups excluding carboxylic acids is 1. The second kappa shape index (κ2) is 3.32. The van der Waals surface area contributed by atoms with Crippen molar-refractivity contribution in [2.45, 2.75) is 13.3 Å². The first kappa shape index (κ1) is 8.67. The maximum atomic E-state index is 11.1. The topological polar surface area (TPSA) is 32.7 Å². The summed E-state index contributed by atoms with van der Waals surface area (Å²) in [5.74, 6) is -0.0261. The lowest BCUT2D eigenvalue weighted by atomic mass is 10.3. The first-order valence-corrected chi connectivity index (χ1v) is 4.73. The summed E-state index contributed by atoms with van der Waals surface area (Å²) in [6.45, 7) is 1.82. The standard InChI is InChI=1S/C6H8N2OS2/c1-4-3-5(9)8(7-4)6(10)11-2/h3H2,1-2H3. The van der Waals surface area contributed by atoms with E-state index in [1.54, 1.807) is 0 Å². The molecular formula is C6H8N2OS2. The van der Waals surface area contributed by atoms with Crippen molar-refractivity contribution in [3.8, 4) is 0 Å². The Morgan fingerprint density at radius 2 is 2.45 bits per heavy atom. The van der Waals surface area contributed by atoms with Crippen molar-refractivity contribution < 1.29 is 4.79 Å². The van der Waals surface area contributed by atoms with Crippen LogP contribution in [0.3, 0.4) is 0 Å². The van der Waals surface area contributed by atoms with Gasteiger partial charge in [0.1, 0.15) is 0 Å². The third-order valence-corrected chi connectivity index (χ3v) is 2.46. The number of thioether (sulfide) groups is 1. The molecule has 0 saturated heterocycles. The summed E-state index contributed by atoms with van der Waals surface area (Å²) in [5, 5.41) is 5.27. The van der Waals surface area contributed by atoms with Gasteiger partial charge < -0.3 is 0 Å². The van der Waals surface area contributed by atoms with E-state index in [0.717, 1.165) is 5.71 Å². The Balaban J connectivity index is 2.73. The molecule has 0 aromatic carbocycles. The molecule has 1 rings (SSSR count). The maximum absolute atomic E-state index is 11.1. The largest absolute Gasteiger partial charge is 0.272 e. The molecule has 11 heavy (non-hydrogen) atoms. The molecule has 1 amide bonds. The fourth-order valence-electron chi connectivity index (χ4n) is 0.785. The average molecular weight is 188 g/mol. The van der Waals surface area contributed by atoms with Gasteiger partial charge in [0.15, 0.2) is 4.32 Å². The van der Waals surface area contributed by atoms with Crippen molar-refractivity contribution in [1.29, 1.82) is 0 Å². The lowest BCUT2D eigenvalue weighted by Crippen LogP contribution is -2.23. The Kier molecular flexibility index (Phi) is 2.62. The van der Waals surface area contributed by atoms with E-state index in [9.17, 15) is 4.79 Å². The highest BCUT2D eigenvalue weighted by Crippen LogP contribution is 2.13. The highest BCUT2D eigenvalue weighted by molar-refractivity contribution is 8.22. The molecule has 0 fully saturated rings. The van der Waals surface area contributed by atoms with Gasteiger partial charge in [-0.25, -0.2) is 0 Å². The molecule has 0 saturated carbocycles. The van der Waals surface area contributed by atoms with Gasteiger partial charge in [-0.05, 0) is 13.2 Å². The maximum Gasteiger partial charge on any atom is 0.254 e. The van der Waals surface area contributed by atoms with Gasteiger partial charge in [-0.3, -0.25) is 4.79 Å². The lowest BCUT2D eigenvalue weighted by Gasteiger charge is -2.08. The smallest absolute Gasteiger partial charge is 0.254 e. The van der Waals surface area contributed by atoms with Crippen LogP contribution >= 0.6 is 24.0 Å². The van der Waals surface area contributed by atoms with Crippen LogP contribution in [-0.4, -0.2) is 27.2 Å². The minimum absolute atomic E-state index is 0.0261. The van der Waals surface area contributed by atoms with E-state index in [1.165, 1.54) is 16.8 Å². The molecule has 0 N–H and O–H groups in total. The summed E-state index contributed by atoms with van der Waals surface area (Å²) in [5.41, 5.74) is 0.825. The summed E-state index contributed by atoms with van der Waals surface area (Å²) in [6, 6.07) is 0. The third-order valence-electron chi connectivity index (χ3n) is 1.26. The van der Waals surface area contributed by atoms with E-state index in [1.807, 2.05) is 13.2 Å². The van der Waals surface area contributed by atoms with Crippen LogP contribution in [0.25, 0.3) is 0 Å². The highest BCUT2D eigenvalue weighted by atomic mass is 32.2. The summed E-state index contributed by atoms with van der Waals surface area (Å²) >= 11 is 6.26. The first-order chi connectivity index (χ1) is 5.15. The lowest BCUT2D eigenvalue weighted by molar-refractivity contribution is -0.124. The second-order valence-corrected chi connectivity index (χ2v) is 3.63. The molecule has 0 atom stereocenters. The predicted molar refractivity (Wildman–Crippen MR) is 50.7 cm³/mol. The van der Waals surface area contributed by atoms with E-state index >= 15 is 0 Å². The van der Waals surface area contributed by atoms with Crippen LogP contribution in [-0.2, 0) is 4.79 Å². The van der Waals surface area contributed by atoms with E-state index in [-0.39, 0.29) is 5.91 Å². The normalized spacial score (nSPS) is 17.1.